The van der Waals surface area contributed by atoms with Crippen LogP contribution in [0.3, 0.4) is 0 Å². The highest BCUT2D eigenvalue weighted by Crippen LogP contribution is 2.25. The van der Waals surface area contributed by atoms with Gasteiger partial charge in [0.15, 0.2) is 11.1 Å². The minimum atomic E-state index is 0. The van der Waals surface area contributed by atoms with E-state index in [4.69, 9.17) is 9.40 Å². The normalized spacial score (nSPS) is 14.3. The standard InChI is InChI=1S/C21H27N5OS.HI/c1-15-17-7-3-4-8-18(17)27-19(15)13-24-20(22-2)23-10-9-16-14-28-21(25-16)26-11-5-6-12-26;/h3-4,7-8,14H,5-6,9-13H2,1-2H3,(H2,22,23,24);1H. The molecule has 0 saturated carbocycles. The number of para-hydroxylation sites is 1. The van der Waals surface area contributed by atoms with Crippen LogP contribution in [0.25, 0.3) is 11.0 Å². The third-order valence-electron chi connectivity index (χ3n) is 5.17. The van der Waals surface area contributed by atoms with Crippen molar-refractivity contribution in [3.8, 4) is 0 Å². The van der Waals surface area contributed by atoms with E-state index in [-0.39, 0.29) is 24.0 Å². The molecule has 6 nitrogen and oxygen atoms in total. The van der Waals surface area contributed by atoms with Crippen LogP contribution < -0.4 is 15.5 Å². The lowest BCUT2D eigenvalue weighted by molar-refractivity contribution is 0.534. The van der Waals surface area contributed by atoms with Crippen LogP contribution in [0, 0.1) is 6.92 Å². The Labute approximate surface area is 192 Å². The van der Waals surface area contributed by atoms with Crippen LogP contribution >= 0.6 is 35.3 Å². The molecule has 0 aliphatic carbocycles. The van der Waals surface area contributed by atoms with Gasteiger partial charge in [0.2, 0.25) is 0 Å². The van der Waals surface area contributed by atoms with Crippen molar-refractivity contribution in [3.63, 3.8) is 0 Å². The molecule has 2 N–H and O–H groups in total. The molecule has 1 fully saturated rings. The van der Waals surface area contributed by atoms with Crippen molar-refractivity contribution < 1.29 is 4.42 Å². The van der Waals surface area contributed by atoms with Gasteiger partial charge in [0.05, 0.1) is 12.2 Å². The molecule has 29 heavy (non-hydrogen) atoms. The van der Waals surface area contributed by atoms with Crippen molar-refractivity contribution in [1.82, 2.24) is 15.6 Å². The van der Waals surface area contributed by atoms with Gasteiger partial charge in [0, 0.05) is 49.4 Å². The molecule has 1 aliphatic heterocycles. The minimum Gasteiger partial charge on any atom is -0.459 e. The Hall–Kier alpha value is -1.81. The molecule has 0 radical (unpaired) electrons. The van der Waals surface area contributed by atoms with E-state index in [1.54, 1.807) is 18.4 Å². The van der Waals surface area contributed by atoms with Crippen LogP contribution in [-0.2, 0) is 13.0 Å². The number of aryl methyl sites for hydroxylation is 1. The fourth-order valence-corrected chi connectivity index (χ4v) is 4.47. The number of thiazole rings is 1. The van der Waals surface area contributed by atoms with Gasteiger partial charge in [-0.1, -0.05) is 18.2 Å². The second kappa shape index (κ2) is 10.3. The first-order chi connectivity index (χ1) is 13.7. The van der Waals surface area contributed by atoms with E-state index in [9.17, 15) is 0 Å². The van der Waals surface area contributed by atoms with Crippen molar-refractivity contribution >= 4 is 57.4 Å². The van der Waals surface area contributed by atoms with E-state index in [0.29, 0.717) is 6.54 Å². The first-order valence-electron chi connectivity index (χ1n) is 9.85. The zero-order valence-electron chi connectivity index (χ0n) is 16.9. The SMILES string of the molecule is CN=C(NCCc1csc(N2CCCC2)n1)NCc1oc2ccccc2c1C.I. The van der Waals surface area contributed by atoms with Crippen LogP contribution in [0.15, 0.2) is 39.1 Å². The Balaban J connectivity index is 0.00000240. The number of nitrogens with zero attached hydrogens (tertiary/aromatic N) is 3. The van der Waals surface area contributed by atoms with Crippen LogP contribution in [0.5, 0.6) is 0 Å². The van der Waals surface area contributed by atoms with Crippen LogP contribution in [0.4, 0.5) is 5.13 Å². The molecule has 0 bridgehead atoms. The number of fused-ring (bicyclic) bond motifs is 1. The average Bonchev–Trinajstić information content (AvgIpc) is 3.45. The number of rotatable bonds is 6. The lowest BCUT2D eigenvalue weighted by Gasteiger charge is -2.12. The number of hydrogen-bond acceptors (Lipinski definition) is 5. The smallest absolute Gasteiger partial charge is 0.191 e. The summed E-state index contributed by atoms with van der Waals surface area (Å²) in [5.74, 6) is 1.72. The molecule has 8 heteroatoms. The number of guanidine groups is 1. The molecule has 1 aliphatic rings. The zero-order valence-corrected chi connectivity index (χ0v) is 20.0. The first-order valence-corrected chi connectivity index (χ1v) is 10.7. The molecule has 1 aromatic carbocycles. The Kier molecular flexibility index (Phi) is 7.77. The fourth-order valence-electron chi connectivity index (χ4n) is 3.55. The van der Waals surface area contributed by atoms with E-state index < -0.39 is 0 Å². The third kappa shape index (κ3) is 5.22. The summed E-state index contributed by atoms with van der Waals surface area (Å²) >= 11 is 1.75. The first kappa shape index (κ1) is 21.9. The summed E-state index contributed by atoms with van der Waals surface area (Å²) in [4.78, 5) is 11.5. The quantitative estimate of drug-likeness (QED) is 0.285. The number of halogens is 1. The van der Waals surface area contributed by atoms with Gasteiger partial charge in [-0.25, -0.2) is 4.98 Å². The van der Waals surface area contributed by atoms with Gasteiger partial charge in [-0.05, 0) is 25.8 Å². The summed E-state index contributed by atoms with van der Waals surface area (Å²) in [6, 6.07) is 8.13. The van der Waals surface area contributed by atoms with Gasteiger partial charge in [-0.15, -0.1) is 35.3 Å². The van der Waals surface area contributed by atoms with Gasteiger partial charge in [-0.3, -0.25) is 4.99 Å². The number of aromatic nitrogens is 1. The van der Waals surface area contributed by atoms with Crippen molar-refractivity contribution in [2.24, 2.45) is 4.99 Å². The monoisotopic (exact) mass is 525 g/mol. The number of hydrogen-bond donors (Lipinski definition) is 2. The fraction of sp³-hybridized carbons (Fsp3) is 0.429. The molecular weight excluding hydrogens is 497 g/mol. The third-order valence-corrected chi connectivity index (χ3v) is 6.12. The second-order valence-corrected chi connectivity index (χ2v) is 7.90. The van der Waals surface area contributed by atoms with Gasteiger partial charge < -0.3 is 20.0 Å². The molecule has 0 amide bonds. The summed E-state index contributed by atoms with van der Waals surface area (Å²) in [6.45, 7) is 5.78. The van der Waals surface area contributed by atoms with E-state index in [1.165, 1.54) is 23.8 Å². The molecule has 4 rings (SSSR count). The van der Waals surface area contributed by atoms with Crippen LogP contribution in [-0.4, -0.2) is 37.6 Å². The maximum atomic E-state index is 5.96. The van der Waals surface area contributed by atoms with Crippen molar-refractivity contribution in [3.05, 3.63) is 46.7 Å². The summed E-state index contributed by atoms with van der Waals surface area (Å²) in [6.07, 6.45) is 3.45. The lowest BCUT2D eigenvalue weighted by atomic mass is 10.1. The number of benzene rings is 1. The topological polar surface area (TPSA) is 65.7 Å². The number of aliphatic imine (C=N–C) groups is 1. The number of anilines is 1. The molecular formula is C21H28IN5OS. The maximum Gasteiger partial charge on any atom is 0.191 e. The predicted octanol–water partition coefficient (Wildman–Crippen LogP) is 4.32. The largest absolute Gasteiger partial charge is 0.459 e. The highest BCUT2D eigenvalue weighted by Gasteiger charge is 2.15. The van der Waals surface area contributed by atoms with Gasteiger partial charge >= 0.3 is 0 Å². The minimum absolute atomic E-state index is 0. The second-order valence-electron chi connectivity index (χ2n) is 7.06. The van der Waals surface area contributed by atoms with E-state index >= 15 is 0 Å². The Morgan fingerprint density at radius 2 is 2.03 bits per heavy atom. The van der Waals surface area contributed by atoms with E-state index in [0.717, 1.165) is 54.2 Å². The summed E-state index contributed by atoms with van der Waals surface area (Å²) in [5, 5.41) is 11.2. The summed E-state index contributed by atoms with van der Waals surface area (Å²) in [7, 11) is 1.79. The molecule has 2 aromatic heterocycles. The maximum absolute atomic E-state index is 5.96. The molecule has 1 saturated heterocycles. The average molecular weight is 525 g/mol. The molecule has 3 heterocycles. The van der Waals surface area contributed by atoms with E-state index in [2.05, 4.69) is 38.9 Å². The van der Waals surface area contributed by atoms with E-state index in [1.807, 2.05) is 18.2 Å². The molecule has 3 aromatic rings. The highest BCUT2D eigenvalue weighted by atomic mass is 127. The predicted molar refractivity (Wildman–Crippen MR) is 132 cm³/mol. The van der Waals surface area contributed by atoms with Crippen molar-refractivity contribution in [2.45, 2.75) is 32.7 Å². The Bertz CT molecular complexity index is 961. The summed E-state index contributed by atoms with van der Waals surface area (Å²) in [5.41, 5.74) is 3.25. The number of nitrogens with one attached hydrogen (secondary N) is 2. The number of furan rings is 1. The van der Waals surface area contributed by atoms with Crippen LogP contribution in [0.2, 0.25) is 0 Å². The lowest BCUT2D eigenvalue weighted by Crippen LogP contribution is -2.37. The highest BCUT2D eigenvalue weighted by molar-refractivity contribution is 14.0. The van der Waals surface area contributed by atoms with Gasteiger partial charge in [-0.2, -0.15) is 0 Å². The van der Waals surface area contributed by atoms with Gasteiger partial charge in [0.1, 0.15) is 11.3 Å². The zero-order chi connectivity index (χ0) is 19.3. The van der Waals surface area contributed by atoms with Crippen molar-refractivity contribution in [2.75, 3.05) is 31.6 Å². The Morgan fingerprint density at radius 1 is 1.24 bits per heavy atom. The van der Waals surface area contributed by atoms with Crippen LogP contribution in [0.1, 0.15) is 29.9 Å². The van der Waals surface area contributed by atoms with Gasteiger partial charge in [0.25, 0.3) is 0 Å². The van der Waals surface area contributed by atoms with Crippen molar-refractivity contribution in [1.29, 1.82) is 0 Å². The molecule has 0 unspecified atom stereocenters. The molecule has 0 atom stereocenters. The Morgan fingerprint density at radius 3 is 2.79 bits per heavy atom. The molecule has 0 spiro atoms. The summed E-state index contributed by atoms with van der Waals surface area (Å²) < 4.78 is 5.96. The molecule has 156 valence electrons.